The Kier molecular flexibility index (Phi) is 5.18. The highest BCUT2D eigenvalue weighted by atomic mass is 19.1. The number of aryl methyl sites for hydroxylation is 1. The van der Waals surface area contributed by atoms with Crippen LogP contribution in [0.2, 0.25) is 0 Å². The molecule has 0 saturated carbocycles. The zero-order valence-corrected chi connectivity index (χ0v) is 13.9. The second-order valence-corrected chi connectivity index (χ2v) is 5.23. The van der Waals surface area contributed by atoms with Gasteiger partial charge in [-0.3, -0.25) is 9.59 Å². The van der Waals surface area contributed by atoms with Crippen molar-refractivity contribution in [3.05, 3.63) is 52.8 Å². The molecule has 1 N–H and O–H groups in total. The minimum atomic E-state index is -0.535. The molecular weight excluding hydrogens is 313 g/mol. The Morgan fingerprint density at radius 2 is 1.79 bits per heavy atom. The first kappa shape index (κ1) is 17.5. The van der Waals surface area contributed by atoms with Crippen molar-refractivity contribution < 1.29 is 23.5 Å². The maximum Gasteiger partial charge on any atom is 0.255 e. The molecule has 126 valence electrons. The zero-order chi connectivity index (χ0) is 17.9. The number of amides is 1. The Bertz CT molecular complexity index is 802. The van der Waals surface area contributed by atoms with Crippen molar-refractivity contribution in [2.45, 2.75) is 13.8 Å². The van der Waals surface area contributed by atoms with Gasteiger partial charge in [-0.2, -0.15) is 0 Å². The van der Waals surface area contributed by atoms with Crippen LogP contribution >= 0.6 is 0 Å². The minimum absolute atomic E-state index is 0.148. The highest BCUT2D eigenvalue weighted by Gasteiger charge is 2.19. The van der Waals surface area contributed by atoms with Crippen molar-refractivity contribution in [2.24, 2.45) is 0 Å². The number of ketones is 1. The van der Waals surface area contributed by atoms with E-state index in [1.165, 1.54) is 39.3 Å². The molecule has 0 aliphatic rings. The fourth-order valence-electron chi connectivity index (χ4n) is 2.26. The van der Waals surface area contributed by atoms with Gasteiger partial charge in [0.1, 0.15) is 17.3 Å². The maximum atomic E-state index is 13.6. The van der Waals surface area contributed by atoms with E-state index in [1.54, 1.807) is 13.0 Å². The van der Waals surface area contributed by atoms with Gasteiger partial charge in [0.25, 0.3) is 5.91 Å². The fraction of sp³-hybridized carbons (Fsp3) is 0.222. The lowest BCUT2D eigenvalue weighted by molar-refractivity contribution is 0.101. The van der Waals surface area contributed by atoms with E-state index in [0.29, 0.717) is 11.3 Å². The molecule has 5 nitrogen and oxygen atoms in total. The smallest absolute Gasteiger partial charge is 0.255 e. The Hall–Kier alpha value is -2.89. The second kappa shape index (κ2) is 7.12. The lowest BCUT2D eigenvalue weighted by Gasteiger charge is -2.15. The second-order valence-electron chi connectivity index (χ2n) is 5.23. The summed E-state index contributed by atoms with van der Waals surface area (Å²) in [5, 5.41) is 2.62. The molecule has 1 amide bonds. The van der Waals surface area contributed by atoms with Crippen LogP contribution in [0, 0.1) is 12.7 Å². The number of methoxy groups -OCH3 is 2. The third-order valence-electron chi connectivity index (χ3n) is 3.57. The van der Waals surface area contributed by atoms with Gasteiger partial charge >= 0.3 is 0 Å². The SMILES string of the molecule is COc1cc(NC(=O)c2ccc(C)c(F)c2)c(C(C)=O)c(OC)c1. The number of halogens is 1. The van der Waals surface area contributed by atoms with E-state index in [-0.39, 0.29) is 28.3 Å². The number of nitrogens with one attached hydrogen (secondary N) is 1. The first-order valence-electron chi connectivity index (χ1n) is 7.21. The van der Waals surface area contributed by atoms with Crippen molar-refractivity contribution >= 4 is 17.4 Å². The first-order valence-corrected chi connectivity index (χ1v) is 7.21. The summed E-state index contributed by atoms with van der Waals surface area (Å²) in [4.78, 5) is 24.3. The molecule has 0 aliphatic heterocycles. The van der Waals surface area contributed by atoms with Gasteiger partial charge in [-0.05, 0) is 31.5 Å². The summed E-state index contributed by atoms with van der Waals surface area (Å²) in [6.45, 7) is 2.98. The van der Waals surface area contributed by atoms with E-state index in [9.17, 15) is 14.0 Å². The molecule has 0 aliphatic carbocycles. The summed E-state index contributed by atoms with van der Waals surface area (Å²) in [6, 6.07) is 7.25. The molecule has 0 radical (unpaired) electrons. The van der Waals surface area contributed by atoms with Crippen LogP contribution in [0.4, 0.5) is 10.1 Å². The number of carbonyl (C=O) groups excluding carboxylic acids is 2. The van der Waals surface area contributed by atoms with Gasteiger partial charge in [0.15, 0.2) is 5.78 Å². The number of anilines is 1. The van der Waals surface area contributed by atoms with Gasteiger partial charge < -0.3 is 14.8 Å². The molecule has 0 fully saturated rings. The number of benzene rings is 2. The maximum absolute atomic E-state index is 13.6. The van der Waals surface area contributed by atoms with E-state index in [1.807, 2.05) is 0 Å². The predicted molar refractivity (Wildman–Crippen MR) is 88.6 cm³/mol. The summed E-state index contributed by atoms with van der Waals surface area (Å²) in [5.74, 6) is -0.585. The molecule has 0 aromatic heterocycles. The largest absolute Gasteiger partial charge is 0.497 e. The summed E-state index contributed by atoms with van der Waals surface area (Å²) < 4.78 is 24.0. The number of hydrogen-bond donors (Lipinski definition) is 1. The Labute approximate surface area is 139 Å². The molecular formula is C18H18FNO4. The number of rotatable bonds is 5. The van der Waals surface area contributed by atoms with Crippen molar-refractivity contribution in [1.82, 2.24) is 0 Å². The van der Waals surface area contributed by atoms with E-state index >= 15 is 0 Å². The average Bonchev–Trinajstić information content (AvgIpc) is 2.55. The summed E-state index contributed by atoms with van der Waals surface area (Å²) >= 11 is 0. The molecule has 2 rings (SSSR count). The summed E-state index contributed by atoms with van der Waals surface area (Å²) in [6.07, 6.45) is 0. The lowest BCUT2D eigenvalue weighted by atomic mass is 10.1. The first-order chi connectivity index (χ1) is 11.4. The molecule has 2 aromatic carbocycles. The molecule has 2 aromatic rings. The van der Waals surface area contributed by atoms with Crippen molar-refractivity contribution in [3.63, 3.8) is 0 Å². The third-order valence-corrected chi connectivity index (χ3v) is 3.57. The number of ether oxygens (including phenoxy) is 2. The number of Topliss-reactive ketones (excluding diaryl/α,β-unsaturated/α-hetero) is 1. The third kappa shape index (κ3) is 3.53. The highest BCUT2D eigenvalue weighted by Crippen LogP contribution is 2.33. The van der Waals surface area contributed by atoms with E-state index < -0.39 is 11.7 Å². The van der Waals surface area contributed by atoms with Crippen LogP contribution in [-0.4, -0.2) is 25.9 Å². The van der Waals surface area contributed by atoms with E-state index in [4.69, 9.17) is 9.47 Å². The lowest BCUT2D eigenvalue weighted by Crippen LogP contribution is -2.15. The van der Waals surface area contributed by atoms with Gasteiger partial charge in [0.05, 0.1) is 25.5 Å². The summed E-state index contributed by atoms with van der Waals surface area (Å²) in [5.41, 5.74) is 1.05. The van der Waals surface area contributed by atoms with Crippen LogP contribution in [0.1, 0.15) is 33.2 Å². The molecule has 0 heterocycles. The van der Waals surface area contributed by atoms with Crippen molar-refractivity contribution in [2.75, 3.05) is 19.5 Å². The molecule has 0 atom stereocenters. The number of carbonyl (C=O) groups is 2. The zero-order valence-electron chi connectivity index (χ0n) is 13.9. The molecule has 0 saturated heterocycles. The average molecular weight is 331 g/mol. The van der Waals surface area contributed by atoms with Gasteiger partial charge in [0, 0.05) is 17.7 Å². The van der Waals surface area contributed by atoms with Crippen LogP contribution in [0.15, 0.2) is 30.3 Å². The van der Waals surface area contributed by atoms with Gasteiger partial charge in [0.2, 0.25) is 0 Å². The van der Waals surface area contributed by atoms with Crippen LogP contribution in [0.5, 0.6) is 11.5 Å². The predicted octanol–water partition coefficient (Wildman–Crippen LogP) is 3.61. The molecule has 0 unspecified atom stereocenters. The Balaban J connectivity index is 2.45. The fourth-order valence-corrected chi connectivity index (χ4v) is 2.26. The Morgan fingerprint density at radius 3 is 2.33 bits per heavy atom. The molecule has 24 heavy (non-hydrogen) atoms. The van der Waals surface area contributed by atoms with Crippen LogP contribution in [0.25, 0.3) is 0 Å². The summed E-state index contributed by atoms with van der Waals surface area (Å²) in [7, 11) is 2.88. The van der Waals surface area contributed by atoms with Crippen molar-refractivity contribution in [3.8, 4) is 11.5 Å². The Morgan fingerprint density at radius 1 is 1.08 bits per heavy atom. The number of hydrogen-bond acceptors (Lipinski definition) is 4. The topological polar surface area (TPSA) is 64.6 Å². The van der Waals surface area contributed by atoms with Gasteiger partial charge in [-0.15, -0.1) is 0 Å². The standard InChI is InChI=1S/C18H18FNO4/c1-10-5-6-12(7-14(10)19)18(22)20-15-8-13(23-3)9-16(24-4)17(15)11(2)21/h5-9H,1-4H3,(H,20,22). The molecule has 0 bridgehead atoms. The highest BCUT2D eigenvalue weighted by molar-refractivity contribution is 6.10. The van der Waals surface area contributed by atoms with E-state index in [2.05, 4.69) is 5.32 Å². The van der Waals surface area contributed by atoms with Gasteiger partial charge in [-0.25, -0.2) is 4.39 Å². The van der Waals surface area contributed by atoms with Gasteiger partial charge in [-0.1, -0.05) is 6.07 Å². The van der Waals surface area contributed by atoms with E-state index in [0.717, 1.165) is 6.07 Å². The minimum Gasteiger partial charge on any atom is -0.497 e. The normalized spacial score (nSPS) is 10.2. The van der Waals surface area contributed by atoms with Crippen LogP contribution < -0.4 is 14.8 Å². The molecule has 0 spiro atoms. The quantitative estimate of drug-likeness (QED) is 0.850. The van der Waals surface area contributed by atoms with Crippen LogP contribution in [0.3, 0.4) is 0 Å². The van der Waals surface area contributed by atoms with Crippen molar-refractivity contribution in [1.29, 1.82) is 0 Å². The van der Waals surface area contributed by atoms with Crippen LogP contribution in [-0.2, 0) is 0 Å². The molecule has 6 heteroatoms. The monoisotopic (exact) mass is 331 g/mol.